The maximum Gasteiger partial charge on any atom is 0.411 e. The lowest BCUT2D eigenvalue weighted by molar-refractivity contribution is 0.0138. The molecular formula is C39H49N3O4Si. The van der Waals surface area contributed by atoms with Gasteiger partial charge >= 0.3 is 12.2 Å². The molecular weight excluding hydrogens is 603 g/mol. The molecule has 1 aliphatic carbocycles. The predicted octanol–water partition coefficient (Wildman–Crippen LogP) is 8.25. The van der Waals surface area contributed by atoms with Crippen LogP contribution in [0.5, 0.6) is 0 Å². The maximum atomic E-state index is 13.5. The summed E-state index contributed by atoms with van der Waals surface area (Å²) in [4.78, 5) is 30.3. The number of amides is 2. The smallest absolute Gasteiger partial charge is 0.411 e. The standard InChI is InChI=1S/C39H49N3O4Si/c1-26-29(18-23-47(7,8)9)27(2)36(28(3)34(26)24-41-19-21-42(22-20-41)38(44)46-39(4,5)6)40-37(43)45-25-35-32-16-12-10-14-30(32)31-15-11-13-17-33(31)35/h10-17,35H,19-22,24-25H2,1-9H3,(H,40,43). The molecule has 0 saturated carbocycles. The molecule has 5 rings (SSSR count). The van der Waals surface area contributed by atoms with E-state index in [1.807, 2.05) is 39.8 Å². The van der Waals surface area contributed by atoms with Crippen LogP contribution in [0.2, 0.25) is 19.6 Å². The van der Waals surface area contributed by atoms with Crippen molar-refractivity contribution in [2.75, 3.05) is 38.1 Å². The van der Waals surface area contributed by atoms with Crippen LogP contribution in [0, 0.1) is 32.2 Å². The number of ether oxygens (including phenoxy) is 2. The normalized spacial score (nSPS) is 15.0. The van der Waals surface area contributed by atoms with Crippen LogP contribution in [-0.4, -0.2) is 68.4 Å². The minimum absolute atomic E-state index is 0.0126. The van der Waals surface area contributed by atoms with E-state index < -0.39 is 19.8 Å². The molecule has 0 bridgehead atoms. The Hall–Kier alpha value is -4.06. The first-order valence-electron chi connectivity index (χ1n) is 16.6. The maximum absolute atomic E-state index is 13.5. The van der Waals surface area contributed by atoms with Gasteiger partial charge in [-0.1, -0.05) is 74.1 Å². The van der Waals surface area contributed by atoms with Crippen molar-refractivity contribution in [2.24, 2.45) is 0 Å². The lowest BCUT2D eigenvalue weighted by Gasteiger charge is -2.36. The topological polar surface area (TPSA) is 71.1 Å². The van der Waals surface area contributed by atoms with Crippen molar-refractivity contribution in [2.45, 2.75) is 79.2 Å². The van der Waals surface area contributed by atoms with E-state index in [-0.39, 0.29) is 18.6 Å². The number of fused-ring (bicyclic) bond motifs is 3. The van der Waals surface area contributed by atoms with Crippen molar-refractivity contribution < 1.29 is 19.1 Å². The minimum Gasteiger partial charge on any atom is -0.448 e. The molecule has 1 heterocycles. The molecule has 0 spiro atoms. The Kier molecular flexibility index (Phi) is 9.90. The molecule has 1 saturated heterocycles. The van der Waals surface area contributed by atoms with Crippen molar-refractivity contribution in [3.63, 3.8) is 0 Å². The fraction of sp³-hybridized carbons (Fsp3) is 0.436. The van der Waals surface area contributed by atoms with E-state index in [2.05, 4.69) is 91.6 Å². The van der Waals surface area contributed by atoms with Crippen LogP contribution in [0.4, 0.5) is 15.3 Å². The molecule has 0 atom stereocenters. The number of benzene rings is 3. The highest BCUT2D eigenvalue weighted by Gasteiger charge is 2.30. The van der Waals surface area contributed by atoms with Gasteiger partial charge in [0.15, 0.2) is 0 Å². The predicted molar refractivity (Wildman–Crippen MR) is 193 cm³/mol. The van der Waals surface area contributed by atoms with E-state index in [1.165, 1.54) is 22.3 Å². The number of hydrogen-bond acceptors (Lipinski definition) is 5. The number of hydrogen-bond donors (Lipinski definition) is 1. The number of nitrogens with one attached hydrogen (secondary N) is 1. The summed E-state index contributed by atoms with van der Waals surface area (Å²) in [6.45, 7) is 22.2. The first-order valence-corrected chi connectivity index (χ1v) is 20.1. The molecule has 8 heteroatoms. The molecule has 1 aliphatic heterocycles. The highest BCUT2D eigenvalue weighted by molar-refractivity contribution is 6.83. The SMILES string of the molecule is Cc1c(C#C[Si](C)(C)C)c(C)c(NC(=O)OCC2c3ccccc3-c3ccccc32)c(C)c1CN1CCN(C(=O)OC(C)(C)C)CC1. The second-order valence-corrected chi connectivity index (χ2v) is 19.5. The van der Waals surface area contributed by atoms with Crippen molar-refractivity contribution in [1.29, 1.82) is 0 Å². The second-order valence-electron chi connectivity index (χ2n) is 14.8. The van der Waals surface area contributed by atoms with Gasteiger partial charge in [0.1, 0.15) is 20.3 Å². The zero-order valence-corrected chi connectivity index (χ0v) is 30.5. The van der Waals surface area contributed by atoms with E-state index >= 15 is 0 Å². The highest BCUT2D eigenvalue weighted by Crippen LogP contribution is 2.44. The van der Waals surface area contributed by atoms with E-state index in [9.17, 15) is 9.59 Å². The Morgan fingerprint density at radius 2 is 1.45 bits per heavy atom. The third-order valence-electron chi connectivity index (χ3n) is 8.94. The summed E-state index contributed by atoms with van der Waals surface area (Å²) in [5, 5.41) is 3.13. The van der Waals surface area contributed by atoms with Gasteiger partial charge < -0.3 is 14.4 Å². The molecule has 7 nitrogen and oxygen atoms in total. The van der Waals surface area contributed by atoms with Crippen LogP contribution >= 0.6 is 0 Å². The van der Waals surface area contributed by atoms with Crippen LogP contribution in [-0.2, 0) is 16.0 Å². The molecule has 1 N–H and O–H groups in total. The first kappa shape index (κ1) is 34.3. The summed E-state index contributed by atoms with van der Waals surface area (Å²) in [5.74, 6) is 3.50. The molecule has 2 aliphatic rings. The van der Waals surface area contributed by atoms with E-state index in [0.29, 0.717) is 19.6 Å². The largest absolute Gasteiger partial charge is 0.448 e. The second kappa shape index (κ2) is 13.6. The average Bonchev–Trinajstić information content (AvgIpc) is 3.33. The molecule has 1 fully saturated rings. The molecule has 0 aromatic heterocycles. The summed E-state index contributed by atoms with van der Waals surface area (Å²) in [5.41, 5.74) is 13.8. The fourth-order valence-corrected chi connectivity index (χ4v) is 7.01. The summed E-state index contributed by atoms with van der Waals surface area (Å²) in [6.07, 6.45) is -0.735. The van der Waals surface area contributed by atoms with Gasteiger partial charge in [-0.05, 0) is 86.1 Å². The van der Waals surface area contributed by atoms with Crippen LogP contribution in [0.1, 0.15) is 65.6 Å². The Morgan fingerprint density at radius 1 is 0.872 bits per heavy atom. The Bertz CT molecular complexity index is 1690. The molecule has 47 heavy (non-hydrogen) atoms. The fourth-order valence-electron chi connectivity index (χ4n) is 6.51. The van der Waals surface area contributed by atoms with Gasteiger partial charge in [-0.15, -0.1) is 5.54 Å². The summed E-state index contributed by atoms with van der Waals surface area (Å²) >= 11 is 0. The summed E-state index contributed by atoms with van der Waals surface area (Å²) < 4.78 is 11.6. The number of piperazine rings is 1. The van der Waals surface area contributed by atoms with Gasteiger partial charge in [0, 0.05) is 44.2 Å². The highest BCUT2D eigenvalue weighted by atomic mass is 28.3. The van der Waals surface area contributed by atoms with Crippen molar-refractivity contribution >= 4 is 25.9 Å². The third-order valence-corrected chi connectivity index (χ3v) is 9.82. The molecule has 3 aromatic carbocycles. The van der Waals surface area contributed by atoms with Crippen LogP contribution < -0.4 is 5.32 Å². The van der Waals surface area contributed by atoms with Gasteiger partial charge in [0.25, 0.3) is 0 Å². The number of carbonyl (C=O) groups is 2. The lowest BCUT2D eigenvalue weighted by Crippen LogP contribution is -2.49. The number of rotatable bonds is 5. The van der Waals surface area contributed by atoms with Gasteiger partial charge in [-0.2, -0.15) is 0 Å². The molecule has 3 aromatic rings. The van der Waals surface area contributed by atoms with E-state index in [0.717, 1.165) is 46.6 Å². The monoisotopic (exact) mass is 651 g/mol. The van der Waals surface area contributed by atoms with Crippen molar-refractivity contribution in [1.82, 2.24) is 9.80 Å². The molecule has 0 radical (unpaired) electrons. The van der Waals surface area contributed by atoms with Crippen molar-refractivity contribution in [3.05, 3.63) is 87.5 Å². The quantitative estimate of drug-likeness (QED) is 0.222. The zero-order chi connectivity index (χ0) is 34.1. The van der Waals surface area contributed by atoms with Crippen LogP contribution in [0.3, 0.4) is 0 Å². The van der Waals surface area contributed by atoms with Gasteiger partial charge in [-0.25, -0.2) is 9.59 Å². The van der Waals surface area contributed by atoms with E-state index in [4.69, 9.17) is 9.47 Å². The van der Waals surface area contributed by atoms with Crippen LogP contribution in [0.15, 0.2) is 48.5 Å². The molecule has 248 valence electrons. The lowest BCUT2D eigenvalue weighted by atomic mass is 9.91. The van der Waals surface area contributed by atoms with Crippen molar-refractivity contribution in [3.8, 4) is 22.6 Å². The zero-order valence-electron chi connectivity index (χ0n) is 29.5. The minimum atomic E-state index is -1.66. The number of nitrogens with zero attached hydrogens (tertiary/aromatic N) is 2. The Balaban J connectivity index is 1.36. The average molecular weight is 652 g/mol. The Labute approximate surface area is 281 Å². The number of anilines is 1. The van der Waals surface area contributed by atoms with Crippen LogP contribution in [0.25, 0.3) is 11.1 Å². The molecule has 0 unspecified atom stereocenters. The number of carbonyl (C=O) groups excluding carboxylic acids is 2. The third kappa shape index (κ3) is 7.91. The summed E-state index contributed by atoms with van der Waals surface area (Å²) in [7, 11) is -1.66. The summed E-state index contributed by atoms with van der Waals surface area (Å²) in [6, 6.07) is 16.7. The first-order chi connectivity index (χ1) is 22.1. The van der Waals surface area contributed by atoms with E-state index in [1.54, 1.807) is 4.90 Å². The van der Waals surface area contributed by atoms with Gasteiger partial charge in [-0.3, -0.25) is 10.2 Å². The van der Waals surface area contributed by atoms with Gasteiger partial charge in [0.05, 0.1) is 5.69 Å². The Morgan fingerprint density at radius 3 is 2.00 bits per heavy atom. The van der Waals surface area contributed by atoms with Gasteiger partial charge in [0.2, 0.25) is 0 Å². The molecule has 2 amide bonds.